The van der Waals surface area contributed by atoms with Crippen LogP contribution in [0.5, 0.6) is 5.75 Å². The number of hydrogen-bond acceptors (Lipinski definition) is 3. The van der Waals surface area contributed by atoms with Crippen molar-refractivity contribution >= 4 is 17.3 Å². The van der Waals surface area contributed by atoms with Crippen LogP contribution in [0.4, 0.5) is 11.4 Å². The lowest BCUT2D eigenvalue weighted by molar-refractivity contribution is -0.115. The maximum Gasteiger partial charge on any atom is 0.229 e. The van der Waals surface area contributed by atoms with E-state index in [-0.39, 0.29) is 12.3 Å². The summed E-state index contributed by atoms with van der Waals surface area (Å²) in [6.45, 7) is 1.91. The SMILES string of the molecule is COc1ccccc1CC(=O)Nc1c(C)cccc1N. The number of nitrogens with two attached hydrogens (primary N) is 1. The molecule has 4 heteroatoms. The Labute approximate surface area is 118 Å². The predicted octanol–water partition coefficient (Wildman–Crippen LogP) is 2.77. The molecule has 0 aromatic heterocycles. The van der Waals surface area contributed by atoms with Gasteiger partial charge in [0.25, 0.3) is 0 Å². The molecule has 0 saturated heterocycles. The van der Waals surface area contributed by atoms with Crippen LogP contribution >= 0.6 is 0 Å². The minimum Gasteiger partial charge on any atom is -0.496 e. The van der Waals surface area contributed by atoms with Crippen molar-refractivity contribution in [3.05, 3.63) is 53.6 Å². The molecule has 20 heavy (non-hydrogen) atoms. The molecule has 1 amide bonds. The number of methoxy groups -OCH3 is 1. The van der Waals surface area contributed by atoms with Gasteiger partial charge < -0.3 is 15.8 Å². The zero-order valence-electron chi connectivity index (χ0n) is 11.6. The number of nitrogens with one attached hydrogen (secondary N) is 1. The lowest BCUT2D eigenvalue weighted by Crippen LogP contribution is -2.16. The first-order valence-electron chi connectivity index (χ1n) is 6.38. The van der Waals surface area contributed by atoms with Crippen molar-refractivity contribution in [2.75, 3.05) is 18.2 Å². The van der Waals surface area contributed by atoms with E-state index < -0.39 is 0 Å². The Morgan fingerprint density at radius 2 is 1.95 bits per heavy atom. The van der Waals surface area contributed by atoms with E-state index in [2.05, 4.69) is 5.32 Å². The highest BCUT2D eigenvalue weighted by Gasteiger charge is 2.11. The fourth-order valence-electron chi connectivity index (χ4n) is 2.07. The summed E-state index contributed by atoms with van der Waals surface area (Å²) in [6.07, 6.45) is 0.248. The van der Waals surface area contributed by atoms with Crippen LogP contribution in [0.15, 0.2) is 42.5 Å². The summed E-state index contributed by atoms with van der Waals surface area (Å²) in [7, 11) is 1.59. The number of amides is 1. The summed E-state index contributed by atoms with van der Waals surface area (Å²) >= 11 is 0. The highest BCUT2D eigenvalue weighted by molar-refractivity contribution is 5.96. The number of para-hydroxylation sites is 2. The van der Waals surface area contributed by atoms with Crippen molar-refractivity contribution in [3.63, 3.8) is 0 Å². The van der Waals surface area contributed by atoms with E-state index in [1.807, 2.05) is 43.3 Å². The normalized spacial score (nSPS) is 10.1. The van der Waals surface area contributed by atoms with E-state index in [1.54, 1.807) is 13.2 Å². The van der Waals surface area contributed by atoms with Crippen LogP contribution in [0.1, 0.15) is 11.1 Å². The largest absolute Gasteiger partial charge is 0.496 e. The van der Waals surface area contributed by atoms with E-state index >= 15 is 0 Å². The van der Waals surface area contributed by atoms with E-state index in [9.17, 15) is 4.79 Å². The monoisotopic (exact) mass is 270 g/mol. The Morgan fingerprint density at radius 1 is 1.20 bits per heavy atom. The summed E-state index contributed by atoms with van der Waals surface area (Å²) < 4.78 is 5.24. The molecule has 0 heterocycles. The molecule has 0 atom stereocenters. The molecule has 2 aromatic rings. The van der Waals surface area contributed by atoms with E-state index in [1.165, 1.54) is 0 Å². The van der Waals surface area contributed by atoms with Crippen LogP contribution in [0.25, 0.3) is 0 Å². The summed E-state index contributed by atoms with van der Waals surface area (Å²) in [5, 5.41) is 2.86. The Bertz CT molecular complexity index is 603. The Kier molecular flexibility index (Phi) is 4.25. The smallest absolute Gasteiger partial charge is 0.229 e. The Morgan fingerprint density at radius 3 is 2.65 bits per heavy atom. The maximum atomic E-state index is 12.1. The first kappa shape index (κ1) is 13.9. The molecule has 2 aromatic carbocycles. The number of carbonyl (C=O) groups is 1. The molecule has 3 N–H and O–H groups in total. The molecule has 0 aliphatic heterocycles. The van der Waals surface area contributed by atoms with Gasteiger partial charge in [-0.3, -0.25) is 4.79 Å². The van der Waals surface area contributed by atoms with E-state index in [0.717, 1.165) is 11.1 Å². The quantitative estimate of drug-likeness (QED) is 0.840. The molecule has 0 aliphatic carbocycles. The second kappa shape index (κ2) is 6.10. The highest BCUT2D eigenvalue weighted by atomic mass is 16.5. The molecule has 2 rings (SSSR count). The lowest BCUT2D eigenvalue weighted by Gasteiger charge is -2.12. The minimum atomic E-state index is -0.115. The highest BCUT2D eigenvalue weighted by Crippen LogP contribution is 2.23. The molecule has 0 aliphatic rings. The fraction of sp³-hybridized carbons (Fsp3) is 0.188. The lowest BCUT2D eigenvalue weighted by atomic mass is 10.1. The average Bonchev–Trinajstić information content (AvgIpc) is 2.44. The minimum absolute atomic E-state index is 0.115. The predicted molar refractivity (Wildman–Crippen MR) is 80.9 cm³/mol. The van der Waals surface area contributed by atoms with Crippen molar-refractivity contribution in [3.8, 4) is 5.75 Å². The van der Waals surface area contributed by atoms with Gasteiger partial charge in [-0.25, -0.2) is 0 Å². The van der Waals surface area contributed by atoms with Crippen LogP contribution in [0, 0.1) is 6.92 Å². The Hall–Kier alpha value is -2.49. The second-order valence-electron chi connectivity index (χ2n) is 4.58. The Balaban J connectivity index is 2.13. The van der Waals surface area contributed by atoms with Crippen molar-refractivity contribution < 1.29 is 9.53 Å². The first-order valence-corrected chi connectivity index (χ1v) is 6.38. The van der Waals surface area contributed by atoms with Crippen LogP contribution in [0.3, 0.4) is 0 Å². The number of carbonyl (C=O) groups excluding carboxylic acids is 1. The standard InChI is InChI=1S/C16H18N2O2/c1-11-6-5-8-13(17)16(11)18-15(19)10-12-7-3-4-9-14(12)20-2/h3-9H,10,17H2,1-2H3,(H,18,19). The molecule has 0 radical (unpaired) electrons. The third-order valence-electron chi connectivity index (χ3n) is 3.11. The molecule has 0 bridgehead atoms. The first-order chi connectivity index (χ1) is 9.61. The topological polar surface area (TPSA) is 64.3 Å². The number of anilines is 2. The second-order valence-corrected chi connectivity index (χ2v) is 4.58. The van der Waals surface area contributed by atoms with E-state index in [4.69, 9.17) is 10.5 Å². The van der Waals surface area contributed by atoms with Gasteiger partial charge in [-0.1, -0.05) is 30.3 Å². The van der Waals surface area contributed by atoms with Crippen molar-refractivity contribution in [2.24, 2.45) is 0 Å². The summed E-state index contributed by atoms with van der Waals surface area (Å²) in [6, 6.07) is 13.0. The molecular weight excluding hydrogens is 252 g/mol. The zero-order chi connectivity index (χ0) is 14.5. The number of aryl methyl sites for hydroxylation is 1. The fourth-order valence-corrected chi connectivity index (χ4v) is 2.07. The van der Waals surface area contributed by atoms with Gasteiger partial charge in [0.1, 0.15) is 5.75 Å². The third-order valence-corrected chi connectivity index (χ3v) is 3.11. The van der Waals surface area contributed by atoms with Crippen molar-refractivity contribution in [1.29, 1.82) is 0 Å². The van der Waals surface area contributed by atoms with Gasteiger partial charge in [0, 0.05) is 5.56 Å². The van der Waals surface area contributed by atoms with Crippen molar-refractivity contribution in [1.82, 2.24) is 0 Å². The van der Waals surface area contributed by atoms with Gasteiger partial charge >= 0.3 is 0 Å². The molecule has 104 valence electrons. The van der Waals surface area contributed by atoms with Gasteiger partial charge in [0.2, 0.25) is 5.91 Å². The average molecular weight is 270 g/mol. The van der Waals surface area contributed by atoms with Gasteiger partial charge in [0.05, 0.1) is 24.9 Å². The molecule has 0 fully saturated rings. The van der Waals surface area contributed by atoms with Crippen LogP contribution in [0.2, 0.25) is 0 Å². The van der Waals surface area contributed by atoms with Gasteiger partial charge in [-0.2, -0.15) is 0 Å². The van der Waals surface area contributed by atoms with Crippen LogP contribution < -0.4 is 15.8 Å². The number of ether oxygens (including phenoxy) is 1. The number of benzene rings is 2. The van der Waals surface area contributed by atoms with Gasteiger partial charge in [-0.05, 0) is 24.6 Å². The molecule has 0 unspecified atom stereocenters. The zero-order valence-corrected chi connectivity index (χ0v) is 11.6. The number of hydrogen-bond donors (Lipinski definition) is 2. The summed E-state index contributed by atoms with van der Waals surface area (Å²) in [5.74, 6) is 0.593. The van der Waals surface area contributed by atoms with E-state index in [0.29, 0.717) is 17.1 Å². The van der Waals surface area contributed by atoms with Gasteiger partial charge in [-0.15, -0.1) is 0 Å². The maximum absolute atomic E-state index is 12.1. The summed E-state index contributed by atoms with van der Waals surface area (Å²) in [4.78, 5) is 12.1. The molecule has 0 spiro atoms. The third kappa shape index (κ3) is 3.09. The number of nitrogen functional groups attached to an aromatic ring is 1. The molecule has 0 saturated carbocycles. The van der Waals surface area contributed by atoms with Crippen LogP contribution in [-0.4, -0.2) is 13.0 Å². The molecule has 4 nitrogen and oxygen atoms in total. The summed E-state index contributed by atoms with van der Waals surface area (Å²) in [5.41, 5.74) is 8.91. The van der Waals surface area contributed by atoms with Gasteiger partial charge in [0.15, 0.2) is 0 Å². The molecular formula is C16H18N2O2. The van der Waals surface area contributed by atoms with Crippen LogP contribution in [-0.2, 0) is 11.2 Å². The number of rotatable bonds is 4. The van der Waals surface area contributed by atoms with Crippen molar-refractivity contribution in [2.45, 2.75) is 13.3 Å².